The summed E-state index contributed by atoms with van der Waals surface area (Å²) in [4.78, 5) is 20.0. The summed E-state index contributed by atoms with van der Waals surface area (Å²) in [5.41, 5.74) is -0.0894. The first-order valence-corrected chi connectivity index (χ1v) is 6.54. The second-order valence-electron chi connectivity index (χ2n) is 3.73. The van der Waals surface area contributed by atoms with Crippen LogP contribution in [0.3, 0.4) is 0 Å². The van der Waals surface area contributed by atoms with E-state index in [0.717, 1.165) is 25.0 Å². The molecular formula is C9H11ClN4O2S. The molecule has 0 saturated carbocycles. The predicted octanol–water partition coefficient (Wildman–Crippen LogP) is 1.98. The minimum atomic E-state index is -0.474. The van der Waals surface area contributed by atoms with Crippen LogP contribution in [0.25, 0.3) is 0 Å². The molecule has 0 bridgehead atoms. The van der Waals surface area contributed by atoms with Crippen LogP contribution < -0.4 is 4.90 Å². The van der Waals surface area contributed by atoms with Gasteiger partial charge in [-0.05, 0) is 11.6 Å². The molecule has 1 fully saturated rings. The van der Waals surface area contributed by atoms with Gasteiger partial charge in [-0.25, -0.2) is 4.98 Å². The van der Waals surface area contributed by atoms with E-state index in [-0.39, 0.29) is 11.0 Å². The van der Waals surface area contributed by atoms with E-state index in [1.807, 2.05) is 16.7 Å². The van der Waals surface area contributed by atoms with Crippen molar-refractivity contribution in [1.82, 2.24) is 9.97 Å². The van der Waals surface area contributed by atoms with E-state index in [1.165, 1.54) is 0 Å². The number of nitro groups is 1. The molecule has 1 aromatic rings. The average molecular weight is 275 g/mol. The van der Waals surface area contributed by atoms with Crippen LogP contribution in [0.2, 0.25) is 5.28 Å². The highest BCUT2D eigenvalue weighted by molar-refractivity contribution is 8.00. The largest absolute Gasteiger partial charge is 0.349 e. The summed E-state index contributed by atoms with van der Waals surface area (Å²) >= 11 is 7.55. The molecule has 8 heteroatoms. The highest BCUT2D eigenvalue weighted by atomic mass is 35.5. The molecule has 0 radical (unpaired) electrons. The van der Waals surface area contributed by atoms with Gasteiger partial charge in [0.25, 0.3) is 0 Å². The third-order valence-corrected chi connectivity index (χ3v) is 3.78. The maximum Gasteiger partial charge on any atom is 0.329 e. The number of halogens is 1. The van der Waals surface area contributed by atoms with E-state index >= 15 is 0 Å². The molecule has 2 heterocycles. The number of nitrogens with zero attached hydrogens (tertiary/aromatic N) is 4. The van der Waals surface area contributed by atoms with Crippen LogP contribution in [0.4, 0.5) is 11.5 Å². The lowest BCUT2D eigenvalue weighted by Crippen LogP contribution is -2.37. The summed E-state index contributed by atoms with van der Waals surface area (Å²) in [5, 5.41) is 11.4. The van der Waals surface area contributed by atoms with Crippen molar-refractivity contribution in [3.05, 3.63) is 21.6 Å². The van der Waals surface area contributed by atoms with E-state index < -0.39 is 4.92 Å². The zero-order valence-corrected chi connectivity index (χ0v) is 10.7. The smallest absolute Gasteiger partial charge is 0.329 e. The highest BCUT2D eigenvalue weighted by Gasteiger charge is 2.26. The van der Waals surface area contributed by atoms with Crippen molar-refractivity contribution in [2.75, 3.05) is 23.7 Å². The highest BCUT2D eigenvalue weighted by Crippen LogP contribution is 2.29. The van der Waals surface area contributed by atoms with Crippen LogP contribution in [-0.2, 0) is 0 Å². The van der Waals surface area contributed by atoms with Gasteiger partial charge < -0.3 is 4.90 Å². The van der Waals surface area contributed by atoms with Crippen molar-refractivity contribution in [3.8, 4) is 0 Å². The standard InChI is InChI=1S/C9H11ClN4O2S/c1-6-5-13(2-3-17-6)8-7(14(15)16)4-11-9(10)12-8/h4,6H,2-3,5H2,1H3. The van der Waals surface area contributed by atoms with Crippen molar-refractivity contribution in [1.29, 1.82) is 0 Å². The quantitative estimate of drug-likeness (QED) is 0.466. The number of hydrogen-bond donors (Lipinski definition) is 0. The molecule has 0 N–H and O–H groups in total. The number of aromatic nitrogens is 2. The Kier molecular flexibility index (Phi) is 3.68. The first-order chi connectivity index (χ1) is 8.08. The number of anilines is 1. The number of rotatable bonds is 2. The Labute approximate surface area is 108 Å². The first-order valence-electron chi connectivity index (χ1n) is 5.11. The van der Waals surface area contributed by atoms with E-state index in [2.05, 4.69) is 16.9 Å². The summed E-state index contributed by atoms with van der Waals surface area (Å²) in [7, 11) is 0. The van der Waals surface area contributed by atoms with E-state index in [9.17, 15) is 10.1 Å². The van der Waals surface area contributed by atoms with Gasteiger partial charge in [0.1, 0.15) is 6.20 Å². The van der Waals surface area contributed by atoms with Gasteiger partial charge in [0.2, 0.25) is 11.1 Å². The van der Waals surface area contributed by atoms with Gasteiger partial charge in [-0.15, -0.1) is 0 Å². The monoisotopic (exact) mass is 274 g/mol. The molecule has 17 heavy (non-hydrogen) atoms. The number of hydrogen-bond acceptors (Lipinski definition) is 6. The van der Waals surface area contributed by atoms with Gasteiger partial charge in [-0.2, -0.15) is 16.7 Å². The fraction of sp³-hybridized carbons (Fsp3) is 0.556. The van der Waals surface area contributed by atoms with Gasteiger partial charge in [0.05, 0.1) is 4.92 Å². The minimum Gasteiger partial charge on any atom is -0.349 e. The second kappa shape index (κ2) is 5.05. The van der Waals surface area contributed by atoms with E-state index in [0.29, 0.717) is 11.1 Å². The molecule has 1 aliphatic heterocycles. The number of thioether (sulfide) groups is 1. The first kappa shape index (κ1) is 12.4. The van der Waals surface area contributed by atoms with Gasteiger partial charge in [0.15, 0.2) is 0 Å². The Balaban J connectivity index is 2.35. The maximum absolute atomic E-state index is 10.9. The Morgan fingerprint density at radius 1 is 1.71 bits per heavy atom. The summed E-state index contributed by atoms with van der Waals surface area (Å²) < 4.78 is 0. The van der Waals surface area contributed by atoms with Gasteiger partial charge in [0, 0.05) is 24.1 Å². The Morgan fingerprint density at radius 3 is 3.12 bits per heavy atom. The fourth-order valence-electron chi connectivity index (χ4n) is 1.72. The zero-order chi connectivity index (χ0) is 12.4. The van der Waals surface area contributed by atoms with Gasteiger partial charge >= 0.3 is 5.69 Å². The minimum absolute atomic E-state index is 0.0384. The Morgan fingerprint density at radius 2 is 2.47 bits per heavy atom. The molecule has 0 spiro atoms. The molecule has 0 aromatic carbocycles. The molecule has 0 amide bonds. The van der Waals surface area contributed by atoms with Crippen molar-refractivity contribution in [3.63, 3.8) is 0 Å². The average Bonchev–Trinajstić information content (AvgIpc) is 2.28. The van der Waals surface area contributed by atoms with Crippen molar-refractivity contribution >= 4 is 34.9 Å². The van der Waals surface area contributed by atoms with Crippen LogP contribution in [0, 0.1) is 10.1 Å². The van der Waals surface area contributed by atoms with Gasteiger partial charge in [-0.3, -0.25) is 10.1 Å². The third-order valence-electron chi connectivity index (χ3n) is 2.46. The topological polar surface area (TPSA) is 72.2 Å². The van der Waals surface area contributed by atoms with Crippen LogP contribution in [0.5, 0.6) is 0 Å². The van der Waals surface area contributed by atoms with E-state index in [1.54, 1.807) is 0 Å². The van der Waals surface area contributed by atoms with Crippen LogP contribution in [0.1, 0.15) is 6.92 Å². The molecule has 1 atom stereocenters. The summed E-state index contributed by atoms with van der Waals surface area (Å²) in [6.07, 6.45) is 1.16. The van der Waals surface area contributed by atoms with Crippen molar-refractivity contribution in [2.24, 2.45) is 0 Å². The normalized spacial score (nSPS) is 20.4. The summed E-state index contributed by atoms with van der Waals surface area (Å²) in [6.45, 7) is 3.56. The molecule has 2 rings (SSSR count). The lowest BCUT2D eigenvalue weighted by atomic mass is 10.3. The molecule has 6 nitrogen and oxygen atoms in total. The van der Waals surface area contributed by atoms with Crippen LogP contribution >= 0.6 is 23.4 Å². The Bertz CT molecular complexity index is 445. The predicted molar refractivity (Wildman–Crippen MR) is 67.8 cm³/mol. The Hall–Kier alpha value is -1.08. The molecule has 1 saturated heterocycles. The lowest BCUT2D eigenvalue weighted by molar-refractivity contribution is -0.384. The van der Waals surface area contributed by atoms with Crippen LogP contribution in [-0.4, -0.2) is 39.0 Å². The van der Waals surface area contributed by atoms with Crippen molar-refractivity contribution in [2.45, 2.75) is 12.2 Å². The molecule has 1 aliphatic rings. The summed E-state index contributed by atoms with van der Waals surface area (Å²) in [6, 6.07) is 0. The molecule has 92 valence electrons. The lowest BCUT2D eigenvalue weighted by Gasteiger charge is -2.30. The van der Waals surface area contributed by atoms with Gasteiger partial charge in [-0.1, -0.05) is 6.92 Å². The fourth-order valence-corrected chi connectivity index (χ4v) is 2.86. The third kappa shape index (κ3) is 2.78. The zero-order valence-electron chi connectivity index (χ0n) is 9.17. The molecular weight excluding hydrogens is 264 g/mol. The van der Waals surface area contributed by atoms with E-state index in [4.69, 9.17) is 11.6 Å². The SMILES string of the molecule is CC1CN(c2nc(Cl)ncc2[N+](=O)[O-])CCS1. The second-order valence-corrected chi connectivity index (χ2v) is 5.62. The van der Waals surface area contributed by atoms with Crippen LogP contribution in [0.15, 0.2) is 6.20 Å². The van der Waals surface area contributed by atoms with Crippen molar-refractivity contribution < 1.29 is 4.92 Å². The summed E-state index contributed by atoms with van der Waals surface area (Å²) in [5.74, 6) is 1.25. The maximum atomic E-state index is 10.9. The molecule has 1 aromatic heterocycles. The molecule has 1 unspecified atom stereocenters. The molecule has 0 aliphatic carbocycles.